The second kappa shape index (κ2) is 9.97. The number of rotatable bonds is 4. The van der Waals surface area contributed by atoms with Gasteiger partial charge in [0, 0.05) is 0 Å². The maximum absolute atomic E-state index is 6.85. The second-order valence-corrected chi connectivity index (χ2v) is 21.0. The molecule has 0 bridgehead atoms. The Balaban J connectivity index is 2.06. The van der Waals surface area contributed by atoms with Crippen molar-refractivity contribution in [2.75, 3.05) is 0 Å². The van der Waals surface area contributed by atoms with Crippen LogP contribution in [0.15, 0.2) is 60.7 Å². The number of fused-ring (bicyclic) bond motifs is 1. The van der Waals surface area contributed by atoms with Crippen LogP contribution in [-0.2, 0) is 30.2 Å². The topological polar surface area (TPSA) is 0 Å². The van der Waals surface area contributed by atoms with E-state index >= 15 is 0 Å². The van der Waals surface area contributed by atoms with Gasteiger partial charge in [-0.25, -0.2) is 0 Å². The predicted octanol–water partition coefficient (Wildman–Crippen LogP) is 10.6. The summed E-state index contributed by atoms with van der Waals surface area (Å²) < 4.78 is 0.144. The van der Waals surface area contributed by atoms with Gasteiger partial charge in [0.1, 0.15) is 0 Å². The van der Waals surface area contributed by atoms with E-state index in [4.69, 9.17) is 17.0 Å². The van der Waals surface area contributed by atoms with E-state index in [1.807, 2.05) is 0 Å². The summed E-state index contributed by atoms with van der Waals surface area (Å²) in [5, 5.41) is 0. The molecule has 1 atom stereocenters. The number of benzene rings is 3. The standard InChI is InChI=1S/C32H37.2ClH.Zr/c1-21(2)28-15-14-23-16-24(22-12-10-9-11-13-22)19-29(23)30(28)25-17-26(31(3,4)5)20-27(18-25)32(6,7)8;;;/h9-21H,1-8H3;2*1H;/q;;;+2/p-2. The van der Waals surface area contributed by atoms with Gasteiger partial charge in [-0.3, -0.25) is 0 Å². The zero-order valence-corrected chi connectivity index (χ0v) is 26.2. The van der Waals surface area contributed by atoms with E-state index in [1.54, 1.807) is 0 Å². The first kappa shape index (κ1) is 26.9. The molecule has 35 heavy (non-hydrogen) atoms. The average Bonchev–Trinajstić information content (AvgIpc) is 3.17. The summed E-state index contributed by atoms with van der Waals surface area (Å²) in [7, 11) is 13.7. The van der Waals surface area contributed by atoms with E-state index < -0.39 is 19.4 Å². The van der Waals surface area contributed by atoms with Gasteiger partial charge in [0.15, 0.2) is 0 Å². The molecule has 0 amide bonds. The number of hydrogen-bond acceptors (Lipinski definition) is 0. The first-order chi connectivity index (χ1) is 16.3. The van der Waals surface area contributed by atoms with Gasteiger partial charge in [-0.2, -0.15) is 0 Å². The predicted molar refractivity (Wildman–Crippen MR) is 152 cm³/mol. The number of allylic oxidation sites excluding steroid dienone is 1. The van der Waals surface area contributed by atoms with Crippen molar-refractivity contribution >= 4 is 28.7 Å². The van der Waals surface area contributed by atoms with Gasteiger partial charge in [-0.05, 0) is 0 Å². The molecule has 0 heterocycles. The Morgan fingerprint density at radius 2 is 1.31 bits per heavy atom. The average molecular weight is 584 g/mol. The molecule has 4 rings (SSSR count). The molecule has 0 nitrogen and oxygen atoms in total. The molecule has 0 N–H and O–H groups in total. The van der Waals surface area contributed by atoms with Crippen molar-refractivity contribution in [2.24, 2.45) is 0 Å². The molecular weight excluding hydrogens is 546 g/mol. The first-order valence-electron chi connectivity index (χ1n) is 12.6. The third kappa shape index (κ3) is 5.44. The molecule has 0 aromatic heterocycles. The van der Waals surface area contributed by atoms with Crippen LogP contribution < -0.4 is 0 Å². The molecule has 3 heteroatoms. The molecule has 1 aliphatic rings. The van der Waals surface area contributed by atoms with Gasteiger partial charge in [-0.15, -0.1) is 0 Å². The third-order valence-electron chi connectivity index (χ3n) is 7.13. The van der Waals surface area contributed by atoms with Crippen LogP contribution in [0.25, 0.3) is 22.8 Å². The van der Waals surface area contributed by atoms with E-state index in [2.05, 4.69) is 122 Å². The van der Waals surface area contributed by atoms with Crippen molar-refractivity contribution in [1.29, 1.82) is 0 Å². The second-order valence-electron chi connectivity index (χ2n) is 12.2. The van der Waals surface area contributed by atoms with Crippen LogP contribution in [0.3, 0.4) is 0 Å². The number of hydrogen-bond donors (Lipinski definition) is 0. The van der Waals surface area contributed by atoms with Crippen LogP contribution in [-0.4, -0.2) is 0 Å². The Kier molecular flexibility index (Phi) is 7.66. The molecule has 1 aliphatic carbocycles. The van der Waals surface area contributed by atoms with E-state index in [0.717, 1.165) is 0 Å². The minimum atomic E-state index is -2.67. The fourth-order valence-corrected chi connectivity index (χ4v) is 10.2. The van der Waals surface area contributed by atoms with Crippen LogP contribution >= 0.6 is 17.0 Å². The fourth-order valence-electron chi connectivity index (χ4n) is 5.02. The molecule has 0 aliphatic heterocycles. The van der Waals surface area contributed by atoms with Gasteiger partial charge in [-0.1, -0.05) is 0 Å². The van der Waals surface area contributed by atoms with Crippen molar-refractivity contribution < 1.29 is 19.4 Å². The minimum absolute atomic E-state index is 0.0622. The van der Waals surface area contributed by atoms with Gasteiger partial charge >= 0.3 is 229 Å². The van der Waals surface area contributed by atoms with E-state index in [-0.39, 0.29) is 14.5 Å². The summed E-state index contributed by atoms with van der Waals surface area (Å²) in [4.78, 5) is 0. The Labute approximate surface area is 227 Å². The molecule has 0 radical (unpaired) electrons. The van der Waals surface area contributed by atoms with Crippen LogP contribution in [0.5, 0.6) is 0 Å². The molecule has 3 aromatic rings. The molecule has 0 fully saturated rings. The van der Waals surface area contributed by atoms with Crippen molar-refractivity contribution in [2.45, 2.75) is 75.8 Å². The molecule has 0 saturated heterocycles. The summed E-state index contributed by atoms with van der Waals surface area (Å²) in [6.45, 7) is 18.4. The Hall–Kier alpha value is -1.14. The third-order valence-corrected chi connectivity index (χ3v) is 12.3. The van der Waals surface area contributed by atoms with Crippen LogP contribution in [0.2, 0.25) is 0 Å². The van der Waals surface area contributed by atoms with Gasteiger partial charge in [0.05, 0.1) is 0 Å². The summed E-state index contributed by atoms with van der Waals surface area (Å²) in [5.41, 5.74) is 12.0. The van der Waals surface area contributed by atoms with Gasteiger partial charge in [0.2, 0.25) is 0 Å². The summed E-state index contributed by atoms with van der Waals surface area (Å²) in [5.74, 6) is 0.407. The van der Waals surface area contributed by atoms with Crippen LogP contribution in [0.1, 0.15) is 98.3 Å². The summed E-state index contributed by atoms with van der Waals surface area (Å²) in [6.07, 6.45) is 2.39. The summed E-state index contributed by atoms with van der Waals surface area (Å²) in [6, 6.07) is 22.5. The molecule has 183 valence electrons. The molecular formula is C32H37Cl2Zr. The normalized spacial score (nSPS) is 15.9. The first-order valence-corrected chi connectivity index (χ1v) is 20.3. The Morgan fingerprint density at radius 3 is 1.80 bits per heavy atom. The monoisotopic (exact) mass is 581 g/mol. The zero-order valence-electron chi connectivity index (χ0n) is 22.3. The van der Waals surface area contributed by atoms with Gasteiger partial charge < -0.3 is 0 Å². The molecule has 0 saturated carbocycles. The molecule has 1 unspecified atom stereocenters. The van der Waals surface area contributed by atoms with E-state index in [9.17, 15) is 0 Å². The maximum atomic E-state index is 6.85. The molecule has 3 aromatic carbocycles. The van der Waals surface area contributed by atoms with Crippen LogP contribution in [0.4, 0.5) is 0 Å². The zero-order chi connectivity index (χ0) is 25.7. The summed E-state index contributed by atoms with van der Waals surface area (Å²) >= 11 is -2.67. The fraction of sp³-hybridized carbons (Fsp3) is 0.375. The van der Waals surface area contributed by atoms with E-state index in [0.29, 0.717) is 5.92 Å². The van der Waals surface area contributed by atoms with Crippen molar-refractivity contribution in [3.8, 4) is 11.1 Å². The molecule has 0 spiro atoms. The Morgan fingerprint density at radius 1 is 0.743 bits per heavy atom. The number of halogens is 2. The van der Waals surface area contributed by atoms with Crippen molar-refractivity contribution in [1.82, 2.24) is 0 Å². The SMILES string of the molecule is CC(C)c1ccc2c(c1-c1cc(C(C)(C)C)cc(C(C)(C)C)c1)C=C(c1ccccc1)[CH]2[Zr]([Cl])[Cl]. The quantitative estimate of drug-likeness (QED) is 0.287. The van der Waals surface area contributed by atoms with Crippen molar-refractivity contribution in [3.05, 3.63) is 94.0 Å². The van der Waals surface area contributed by atoms with E-state index in [1.165, 1.54) is 50.1 Å². The van der Waals surface area contributed by atoms with Crippen LogP contribution in [0, 0.1) is 0 Å². The Bertz CT molecular complexity index is 1220. The van der Waals surface area contributed by atoms with Gasteiger partial charge in [0.25, 0.3) is 0 Å². The van der Waals surface area contributed by atoms with Crippen molar-refractivity contribution in [3.63, 3.8) is 0 Å².